The van der Waals surface area contributed by atoms with Crippen LogP contribution in [0.5, 0.6) is 5.75 Å². The van der Waals surface area contributed by atoms with Crippen molar-refractivity contribution in [2.45, 2.75) is 45.3 Å². The normalized spacial score (nSPS) is 11.6. The molecule has 2 amide bonds. The van der Waals surface area contributed by atoms with Gasteiger partial charge in [0.1, 0.15) is 5.75 Å². The summed E-state index contributed by atoms with van der Waals surface area (Å²) in [6.45, 7) is 9.37. The first-order valence-electron chi connectivity index (χ1n) is 11.8. The third kappa shape index (κ3) is 7.10. The molecule has 0 radical (unpaired) electrons. The highest BCUT2D eigenvalue weighted by Crippen LogP contribution is 2.26. The predicted octanol–water partition coefficient (Wildman–Crippen LogP) is 5.65. The number of hydrogen-bond donors (Lipinski definition) is 3. The quantitative estimate of drug-likeness (QED) is 0.353. The highest BCUT2D eigenvalue weighted by Gasteiger charge is 2.20. The Labute approximate surface area is 218 Å². The van der Waals surface area contributed by atoms with E-state index in [1.165, 1.54) is 18.2 Å². The maximum Gasteiger partial charge on any atom is 0.257 e. The number of hydrogen-bond acceptors (Lipinski definition) is 5. The number of anilines is 3. The van der Waals surface area contributed by atoms with Crippen LogP contribution in [0.3, 0.4) is 0 Å². The van der Waals surface area contributed by atoms with Crippen molar-refractivity contribution < 1.29 is 22.7 Å². The van der Waals surface area contributed by atoms with Gasteiger partial charge in [-0.3, -0.25) is 14.3 Å². The molecule has 0 spiro atoms. The highest BCUT2D eigenvalue weighted by atomic mass is 32.2. The number of benzene rings is 3. The predicted molar refractivity (Wildman–Crippen MR) is 148 cm³/mol. The zero-order valence-electron chi connectivity index (χ0n) is 21.9. The second-order valence-corrected chi connectivity index (χ2v) is 12.2. The fraction of sp³-hybridized carbons (Fsp3) is 0.286. The lowest BCUT2D eigenvalue weighted by Crippen LogP contribution is -2.23. The molecule has 3 aromatic rings. The monoisotopic (exact) mass is 523 g/mol. The second kappa shape index (κ2) is 11.0. The van der Waals surface area contributed by atoms with Gasteiger partial charge in [0.25, 0.3) is 11.8 Å². The molecule has 0 saturated carbocycles. The summed E-state index contributed by atoms with van der Waals surface area (Å²) in [6, 6.07) is 18.4. The molecule has 0 aliphatic carbocycles. The van der Waals surface area contributed by atoms with Gasteiger partial charge in [-0.15, -0.1) is 0 Å². The molecule has 0 bridgehead atoms. The van der Waals surface area contributed by atoms with E-state index in [0.717, 1.165) is 5.56 Å². The summed E-state index contributed by atoms with van der Waals surface area (Å²) in [5.74, 6) is -0.280. The van der Waals surface area contributed by atoms with Gasteiger partial charge in [-0.1, -0.05) is 32.9 Å². The number of amides is 2. The van der Waals surface area contributed by atoms with E-state index in [-0.39, 0.29) is 22.4 Å². The Balaban J connectivity index is 1.93. The van der Waals surface area contributed by atoms with Crippen LogP contribution in [0.2, 0.25) is 0 Å². The van der Waals surface area contributed by atoms with Crippen LogP contribution in [0.1, 0.15) is 60.9 Å². The average Bonchev–Trinajstić information content (AvgIpc) is 2.84. The Bertz CT molecular complexity index is 1370. The summed E-state index contributed by atoms with van der Waals surface area (Å²) < 4.78 is 32.4. The van der Waals surface area contributed by atoms with Gasteiger partial charge in [0.2, 0.25) is 10.0 Å². The molecule has 0 aromatic heterocycles. The van der Waals surface area contributed by atoms with E-state index in [0.29, 0.717) is 17.0 Å². The highest BCUT2D eigenvalue weighted by molar-refractivity contribution is 7.93. The maximum absolute atomic E-state index is 13.2. The Hall–Kier alpha value is -3.85. The van der Waals surface area contributed by atoms with Gasteiger partial charge in [-0.2, -0.15) is 0 Å². The van der Waals surface area contributed by atoms with Crippen molar-refractivity contribution in [3.05, 3.63) is 83.4 Å². The minimum Gasteiger partial charge on any atom is -0.497 e. The van der Waals surface area contributed by atoms with E-state index in [9.17, 15) is 18.0 Å². The number of carbonyl (C=O) groups is 2. The topological polar surface area (TPSA) is 114 Å². The van der Waals surface area contributed by atoms with E-state index in [1.54, 1.807) is 57.4 Å². The van der Waals surface area contributed by atoms with Crippen LogP contribution in [0, 0.1) is 0 Å². The van der Waals surface area contributed by atoms with Gasteiger partial charge in [0.15, 0.2) is 0 Å². The molecule has 3 rings (SSSR count). The van der Waals surface area contributed by atoms with Gasteiger partial charge >= 0.3 is 0 Å². The molecular weight excluding hydrogens is 490 g/mol. The lowest BCUT2D eigenvalue weighted by molar-refractivity contribution is 0.102. The van der Waals surface area contributed by atoms with Crippen molar-refractivity contribution in [2.24, 2.45) is 0 Å². The molecule has 3 aromatic carbocycles. The molecule has 3 N–H and O–H groups in total. The number of nitrogens with one attached hydrogen (secondary N) is 3. The van der Waals surface area contributed by atoms with E-state index in [1.807, 2.05) is 12.1 Å². The van der Waals surface area contributed by atoms with Gasteiger partial charge in [0.05, 0.1) is 23.6 Å². The van der Waals surface area contributed by atoms with Crippen LogP contribution >= 0.6 is 0 Å². The first-order valence-corrected chi connectivity index (χ1v) is 13.4. The summed E-state index contributed by atoms with van der Waals surface area (Å²) in [5, 5.41) is 4.90. The van der Waals surface area contributed by atoms with Crippen molar-refractivity contribution >= 4 is 38.9 Å². The number of methoxy groups -OCH3 is 1. The molecular formula is C28H33N3O5S. The largest absolute Gasteiger partial charge is 0.497 e. The summed E-state index contributed by atoms with van der Waals surface area (Å²) in [6.07, 6.45) is 0. The van der Waals surface area contributed by atoms with E-state index in [4.69, 9.17) is 4.74 Å². The minimum atomic E-state index is -3.64. The molecule has 196 valence electrons. The fourth-order valence-electron chi connectivity index (χ4n) is 3.38. The first-order chi connectivity index (χ1) is 17.3. The zero-order valence-corrected chi connectivity index (χ0v) is 22.7. The Morgan fingerprint density at radius 3 is 1.95 bits per heavy atom. The van der Waals surface area contributed by atoms with Crippen LogP contribution in [0.4, 0.5) is 17.1 Å². The minimum absolute atomic E-state index is 0.0547. The van der Waals surface area contributed by atoms with Gasteiger partial charge in [-0.05, 0) is 79.4 Å². The van der Waals surface area contributed by atoms with Crippen LogP contribution in [-0.2, 0) is 15.4 Å². The van der Waals surface area contributed by atoms with Crippen LogP contribution < -0.4 is 20.1 Å². The molecule has 0 saturated heterocycles. The lowest BCUT2D eigenvalue weighted by Gasteiger charge is -2.19. The second-order valence-electron chi connectivity index (χ2n) is 9.92. The van der Waals surface area contributed by atoms with Crippen molar-refractivity contribution in [1.82, 2.24) is 0 Å². The third-order valence-electron chi connectivity index (χ3n) is 5.75. The van der Waals surface area contributed by atoms with Gasteiger partial charge in [0, 0.05) is 16.9 Å². The number of sulfonamides is 1. The molecule has 0 heterocycles. The molecule has 8 nitrogen and oxygen atoms in total. The first kappa shape index (κ1) is 27.7. The van der Waals surface area contributed by atoms with Crippen molar-refractivity contribution in [2.75, 3.05) is 22.5 Å². The molecule has 37 heavy (non-hydrogen) atoms. The van der Waals surface area contributed by atoms with Crippen molar-refractivity contribution in [1.29, 1.82) is 0 Å². The fourth-order valence-corrected chi connectivity index (χ4v) is 4.07. The van der Waals surface area contributed by atoms with Gasteiger partial charge < -0.3 is 15.4 Å². The smallest absolute Gasteiger partial charge is 0.257 e. The Kier molecular flexibility index (Phi) is 8.28. The molecule has 0 fully saturated rings. The summed E-state index contributed by atoms with van der Waals surface area (Å²) in [4.78, 5) is 26.3. The summed E-state index contributed by atoms with van der Waals surface area (Å²) in [5.41, 5.74) is 2.52. The van der Waals surface area contributed by atoms with E-state index < -0.39 is 27.1 Å². The summed E-state index contributed by atoms with van der Waals surface area (Å²) >= 11 is 0. The Morgan fingerprint density at radius 1 is 0.811 bits per heavy atom. The lowest BCUT2D eigenvalue weighted by atomic mass is 9.86. The summed E-state index contributed by atoms with van der Waals surface area (Å²) in [7, 11) is -2.09. The van der Waals surface area contributed by atoms with E-state index >= 15 is 0 Å². The van der Waals surface area contributed by atoms with Crippen molar-refractivity contribution in [3.63, 3.8) is 0 Å². The molecule has 0 aliphatic rings. The zero-order chi connectivity index (χ0) is 27.4. The standard InChI is InChI=1S/C28H33N3O5S/c1-18(2)37(34,35)31-22-13-16-25(30-26(32)19-7-9-20(10-8-19)28(3,4)5)24(17-22)27(33)29-21-11-14-23(36-6)15-12-21/h7-18,31H,1-6H3,(H,29,33)(H,30,32). The average molecular weight is 524 g/mol. The molecule has 0 atom stereocenters. The molecule has 0 aliphatic heterocycles. The SMILES string of the molecule is COc1ccc(NC(=O)c2cc(NS(=O)(=O)C(C)C)ccc2NC(=O)c2ccc(C(C)(C)C)cc2)cc1. The van der Waals surface area contributed by atoms with Crippen LogP contribution in [-0.4, -0.2) is 32.6 Å². The van der Waals surface area contributed by atoms with Crippen LogP contribution in [0.15, 0.2) is 66.7 Å². The number of ether oxygens (including phenoxy) is 1. The third-order valence-corrected chi connectivity index (χ3v) is 7.52. The number of carbonyl (C=O) groups excluding carboxylic acids is 2. The number of rotatable bonds is 8. The molecule has 9 heteroatoms. The van der Waals surface area contributed by atoms with Crippen molar-refractivity contribution in [3.8, 4) is 5.75 Å². The van der Waals surface area contributed by atoms with Crippen LogP contribution in [0.25, 0.3) is 0 Å². The molecule has 0 unspecified atom stereocenters. The Morgan fingerprint density at radius 2 is 1.41 bits per heavy atom. The van der Waals surface area contributed by atoms with Gasteiger partial charge in [-0.25, -0.2) is 8.42 Å². The van der Waals surface area contributed by atoms with E-state index in [2.05, 4.69) is 36.1 Å². The maximum atomic E-state index is 13.2.